The lowest BCUT2D eigenvalue weighted by atomic mass is 9.84. The fourth-order valence-corrected chi connectivity index (χ4v) is 3.46. The second-order valence-electron chi connectivity index (χ2n) is 6.21. The van der Waals surface area contributed by atoms with Crippen molar-refractivity contribution in [2.75, 3.05) is 13.7 Å². The second-order valence-corrected chi connectivity index (χ2v) is 6.21. The minimum Gasteiger partial charge on any atom is -0.497 e. The van der Waals surface area contributed by atoms with Crippen molar-refractivity contribution in [3.63, 3.8) is 0 Å². The van der Waals surface area contributed by atoms with E-state index in [1.807, 2.05) is 13.0 Å². The molecule has 1 aliphatic rings. The molecule has 0 bridgehead atoms. The van der Waals surface area contributed by atoms with Crippen LogP contribution >= 0.6 is 0 Å². The van der Waals surface area contributed by atoms with E-state index >= 15 is 0 Å². The zero-order valence-electron chi connectivity index (χ0n) is 14.8. The number of carbonyl (C=O) groups excluding carboxylic acids is 1. The molecule has 0 heterocycles. The first-order valence-electron chi connectivity index (χ1n) is 8.83. The Morgan fingerprint density at radius 1 is 1.04 bits per heavy atom. The summed E-state index contributed by atoms with van der Waals surface area (Å²) in [5.74, 6) is 0.987. The largest absolute Gasteiger partial charge is 0.497 e. The van der Waals surface area contributed by atoms with E-state index in [9.17, 15) is 4.79 Å². The molecule has 3 rings (SSSR count). The highest BCUT2D eigenvalue weighted by Crippen LogP contribution is 2.39. The van der Waals surface area contributed by atoms with Gasteiger partial charge in [0.15, 0.2) is 0 Å². The van der Waals surface area contributed by atoms with Crippen LogP contribution in [0.2, 0.25) is 0 Å². The van der Waals surface area contributed by atoms with Crippen LogP contribution in [0.25, 0.3) is 12.2 Å². The lowest BCUT2D eigenvalue weighted by Gasteiger charge is -2.21. The highest BCUT2D eigenvalue weighted by molar-refractivity contribution is 5.77. The summed E-state index contributed by atoms with van der Waals surface area (Å²) in [4.78, 5) is 11.7. The number of hydrogen-bond donors (Lipinski definition) is 0. The molecule has 1 unspecified atom stereocenters. The van der Waals surface area contributed by atoms with E-state index in [1.165, 1.54) is 22.3 Å². The Balaban J connectivity index is 1.91. The fourth-order valence-electron chi connectivity index (χ4n) is 3.46. The maximum atomic E-state index is 11.7. The quantitative estimate of drug-likeness (QED) is 0.693. The summed E-state index contributed by atoms with van der Waals surface area (Å²) in [5, 5.41) is 0. The third-order valence-electron chi connectivity index (χ3n) is 4.66. The van der Waals surface area contributed by atoms with E-state index in [-0.39, 0.29) is 11.9 Å². The highest BCUT2D eigenvalue weighted by atomic mass is 16.5. The molecule has 25 heavy (non-hydrogen) atoms. The minimum absolute atomic E-state index is 0.117. The first kappa shape index (κ1) is 17.3. The van der Waals surface area contributed by atoms with Crippen LogP contribution in [0.1, 0.15) is 54.4 Å². The summed E-state index contributed by atoms with van der Waals surface area (Å²) in [6, 6.07) is 14.7. The van der Waals surface area contributed by atoms with Crippen molar-refractivity contribution in [2.24, 2.45) is 0 Å². The third-order valence-corrected chi connectivity index (χ3v) is 4.66. The lowest BCUT2D eigenvalue weighted by molar-refractivity contribution is -0.143. The Hall–Kier alpha value is -2.55. The van der Waals surface area contributed by atoms with Crippen LogP contribution in [0.4, 0.5) is 0 Å². The van der Waals surface area contributed by atoms with Crippen molar-refractivity contribution in [1.29, 1.82) is 0 Å². The molecule has 0 aromatic heterocycles. The predicted octanol–water partition coefficient (Wildman–Crippen LogP) is 5.04. The highest BCUT2D eigenvalue weighted by Gasteiger charge is 2.22. The molecule has 0 saturated carbocycles. The number of esters is 1. The average Bonchev–Trinajstić information content (AvgIpc) is 2.79. The topological polar surface area (TPSA) is 35.5 Å². The van der Waals surface area contributed by atoms with Gasteiger partial charge in [-0.25, -0.2) is 0 Å². The molecule has 1 atom stereocenters. The molecule has 0 radical (unpaired) electrons. The van der Waals surface area contributed by atoms with Crippen LogP contribution in [0.15, 0.2) is 42.5 Å². The van der Waals surface area contributed by atoms with Gasteiger partial charge >= 0.3 is 5.97 Å². The number of carbonyl (C=O) groups is 1. The Bertz CT molecular complexity index is 777. The Morgan fingerprint density at radius 3 is 2.56 bits per heavy atom. The molecule has 0 saturated heterocycles. The van der Waals surface area contributed by atoms with E-state index in [1.54, 1.807) is 7.11 Å². The molecule has 2 aromatic carbocycles. The first-order valence-corrected chi connectivity index (χ1v) is 8.83. The van der Waals surface area contributed by atoms with Gasteiger partial charge in [-0.3, -0.25) is 4.79 Å². The van der Waals surface area contributed by atoms with E-state index < -0.39 is 0 Å². The molecular weight excluding hydrogens is 312 g/mol. The third kappa shape index (κ3) is 3.93. The molecule has 0 N–H and O–H groups in total. The van der Waals surface area contributed by atoms with Gasteiger partial charge in [-0.05, 0) is 54.2 Å². The number of benzene rings is 2. The van der Waals surface area contributed by atoms with Crippen LogP contribution in [0.3, 0.4) is 0 Å². The summed E-state index contributed by atoms with van der Waals surface area (Å²) in [6.45, 7) is 2.28. The molecule has 0 aliphatic heterocycles. The first-order chi connectivity index (χ1) is 12.2. The summed E-state index contributed by atoms with van der Waals surface area (Å²) < 4.78 is 10.5. The van der Waals surface area contributed by atoms with E-state index in [2.05, 4.69) is 48.6 Å². The monoisotopic (exact) mass is 336 g/mol. The average molecular weight is 336 g/mol. The van der Waals surface area contributed by atoms with Crippen LogP contribution < -0.4 is 4.74 Å². The summed E-state index contributed by atoms with van der Waals surface area (Å²) in [6.07, 6.45) is 6.50. The maximum Gasteiger partial charge on any atom is 0.305 e. The Morgan fingerprint density at radius 2 is 1.80 bits per heavy atom. The Kier molecular flexibility index (Phi) is 5.54. The molecule has 1 aliphatic carbocycles. The van der Waals surface area contributed by atoms with E-state index in [0.717, 1.165) is 18.6 Å². The van der Waals surface area contributed by atoms with Gasteiger partial charge in [0.2, 0.25) is 0 Å². The van der Waals surface area contributed by atoms with Gasteiger partial charge < -0.3 is 9.47 Å². The summed E-state index contributed by atoms with van der Waals surface area (Å²) in [5.41, 5.74) is 5.00. The second kappa shape index (κ2) is 8.02. The van der Waals surface area contributed by atoms with Crippen molar-refractivity contribution in [3.05, 3.63) is 64.7 Å². The molecular formula is C22H24O3. The van der Waals surface area contributed by atoms with Gasteiger partial charge in [0.05, 0.1) is 13.7 Å². The van der Waals surface area contributed by atoms with Crippen LogP contribution in [-0.2, 0) is 9.53 Å². The van der Waals surface area contributed by atoms with Crippen molar-refractivity contribution >= 4 is 18.1 Å². The maximum absolute atomic E-state index is 11.7. The smallest absolute Gasteiger partial charge is 0.305 e. The number of ether oxygens (including phenoxy) is 2. The van der Waals surface area contributed by atoms with Gasteiger partial charge in [0.1, 0.15) is 5.75 Å². The minimum atomic E-state index is -0.117. The molecule has 130 valence electrons. The number of hydrogen-bond acceptors (Lipinski definition) is 3. The van der Waals surface area contributed by atoms with Gasteiger partial charge in [-0.15, -0.1) is 0 Å². The SMILES string of the molecule is CCOC(=O)CCCC1c2ccccc2C=Cc2ccc(OC)cc21. The lowest BCUT2D eigenvalue weighted by Crippen LogP contribution is -2.08. The summed E-state index contributed by atoms with van der Waals surface area (Å²) in [7, 11) is 1.69. The van der Waals surface area contributed by atoms with Crippen molar-refractivity contribution in [2.45, 2.75) is 32.1 Å². The molecule has 3 heteroatoms. The zero-order chi connectivity index (χ0) is 17.6. The van der Waals surface area contributed by atoms with Crippen molar-refractivity contribution in [1.82, 2.24) is 0 Å². The van der Waals surface area contributed by atoms with E-state index in [0.29, 0.717) is 13.0 Å². The predicted molar refractivity (Wildman–Crippen MR) is 101 cm³/mol. The van der Waals surface area contributed by atoms with Crippen molar-refractivity contribution < 1.29 is 14.3 Å². The van der Waals surface area contributed by atoms with Gasteiger partial charge in [-0.1, -0.05) is 42.5 Å². The molecule has 0 fully saturated rings. The molecule has 0 spiro atoms. The number of rotatable bonds is 6. The number of methoxy groups -OCH3 is 1. The van der Waals surface area contributed by atoms with Crippen LogP contribution in [0, 0.1) is 0 Å². The molecule has 0 amide bonds. The standard InChI is InChI=1S/C22H24O3/c1-3-25-22(23)10-6-9-20-19-8-5-4-7-16(19)11-12-17-13-14-18(24-2)15-21(17)20/h4-5,7-8,11-15,20H,3,6,9-10H2,1-2H3. The van der Waals surface area contributed by atoms with Crippen LogP contribution in [0.5, 0.6) is 5.75 Å². The molecule has 2 aromatic rings. The van der Waals surface area contributed by atoms with Crippen molar-refractivity contribution in [3.8, 4) is 5.75 Å². The Labute approximate surface area is 149 Å². The molecule has 3 nitrogen and oxygen atoms in total. The number of fused-ring (bicyclic) bond motifs is 2. The van der Waals surface area contributed by atoms with Gasteiger partial charge in [0, 0.05) is 12.3 Å². The zero-order valence-corrected chi connectivity index (χ0v) is 14.8. The van der Waals surface area contributed by atoms with Gasteiger partial charge in [0.25, 0.3) is 0 Å². The summed E-state index contributed by atoms with van der Waals surface area (Å²) >= 11 is 0. The van der Waals surface area contributed by atoms with Crippen LogP contribution in [-0.4, -0.2) is 19.7 Å². The van der Waals surface area contributed by atoms with Gasteiger partial charge in [-0.2, -0.15) is 0 Å². The fraction of sp³-hybridized carbons (Fsp3) is 0.318. The van der Waals surface area contributed by atoms with E-state index in [4.69, 9.17) is 9.47 Å². The normalized spacial score (nSPS) is 15.0.